The second-order valence-corrected chi connectivity index (χ2v) is 7.04. The zero-order valence-electron chi connectivity index (χ0n) is 12.9. The lowest BCUT2D eigenvalue weighted by Gasteiger charge is -2.52. The zero-order chi connectivity index (χ0) is 13.9. The average molecular weight is 263 g/mol. The van der Waals surface area contributed by atoms with Gasteiger partial charge in [0.05, 0.1) is 12.5 Å². The predicted molar refractivity (Wildman–Crippen MR) is 78.9 cm³/mol. The van der Waals surface area contributed by atoms with E-state index in [-0.39, 0.29) is 5.54 Å². The molecule has 0 aromatic carbocycles. The second kappa shape index (κ2) is 6.24. The maximum absolute atomic E-state index is 9.01. The number of rotatable bonds is 2. The van der Waals surface area contributed by atoms with Crippen molar-refractivity contribution < 1.29 is 0 Å². The fraction of sp³-hybridized carbons (Fsp3) is 0.938. The van der Waals surface area contributed by atoms with Crippen LogP contribution in [0.3, 0.4) is 0 Å². The molecule has 3 nitrogen and oxygen atoms in total. The molecule has 2 aliphatic rings. The first-order valence-corrected chi connectivity index (χ1v) is 7.88. The predicted octanol–water partition coefficient (Wildman–Crippen LogP) is 3.02. The van der Waals surface area contributed by atoms with E-state index < -0.39 is 0 Å². The highest BCUT2D eigenvalue weighted by atomic mass is 15.3. The number of hydrogen-bond acceptors (Lipinski definition) is 3. The minimum absolute atomic E-state index is 0.246. The summed E-state index contributed by atoms with van der Waals surface area (Å²) in [5, 5.41) is 9.01. The van der Waals surface area contributed by atoms with Gasteiger partial charge in [-0.2, -0.15) is 5.26 Å². The van der Waals surface area contributed by atoms with Crippen LogP contribution in [0, 0.1) is 11.3 Å². The molecule has 0 N–H and O–H groups in total. The molecule has 1 unspecified atom stereocenters. The van der Waals surface area contributed by atoms with Gasteiger partial charge in [-0.25, -0.2) is 0 Å². The molecule has 0 radical (unpaired) electrons. The highest BCUT2D eigenvalue weighted by molar-refractivity contribution is 4.99. The summed E-state index contributed by atoms with van der Waals surface area (Å²) in [6.45, 7) is 6.89. The number of hydrogen-bond donors (Lipinski definition) is 0. The van der Waals surface area contributed by atoms with Crippen LogP contribution in [0.1, 0.15) is 58.8 Å². The molecule has 3 heteroatoms. The van der Waals surface area contributed by atoms with Crippen LogP contribution in [0.2, 0.25) is 0 Å². The molecule has 1 heterocycles. The Morgan fingerprint density at radius 3 is 2.37 bits per heavy atom. The van der Waals surface area contributed by atoms with Gasteiger partial charge in [0, 0.05) is 30.7 Å². The lowest BCUT2D eigenvalue weighted by molar-refractivity contribution is -0.0353. The average Bonchev–Trinajstić information content (AvgIpc) is 2.60. The molecule has 1 aliphatic heterocycles. The van der Waals surface area contributed by atoms with Gasteiger partial charge in [0.2, 0.25) is 0 Å². The second-order valence-electron chi connectivity index (χ2n) is 7.04. The fourth-order valence-corrected chi connectivity index (χ4v) is 3.98. The van der Waals surface area contributed by atoms with Gasteiger partial charge in [-0.05, 0) is 33.7 Å². The van der Waals surface area contributed by atoms with E-state index in [0.29, 0.717) is 12.5 Å². The van der Waals surface area contributed by atoms with Crippen molar-refractivity contribution in [3.63, 3.8) is 0 Å². The molecule has 108 valence electrons. The zero-order valence-corrected chi connectivity index (χ0v) is 12.9. The van der Waals surface area contributed by atoms with Crippen molar-refractivity contribution in [3.05, 3.63) is 0 Å². The summed E-state index contributed by atoms with van der Waals surface area (Å²) in [7, 11) is 2.17. The van der Waals surface area contributed by atoms with E-state index >= 15 is 0 Å². The van der Waals surface area contributed by atoms with Crippen molar-refractivity contribution in [2.45, 2.75) is 76.4 Å². The number of nitriles is 1. The number of nitrogens with zero attached hydrogens (tertiary/aromatic N) is 3. The molecule has 2 rings (SSSR count). The van der Waals surface area contributed by atoms with Crippen molar-refractivity contribution in [1.82, 2.24) is 9.80 Å². The normalized spacial score (nSPS) is 30.7. The first-order chi connectivity index (χ1) is 9.04. The van der Waals surface area contributed by atoms with Gasteiger partial charge in [-0.3, -0.25) is 9.80 Å². The molecule has 0 bridgehead atoms. The molecule has 2 fully saturated rings. The minimum Gasteiger partial charge on any atom is -0.299 e. The Bertz CT molecular complexity index is 323. The summed E-state index contributed by atoms with van der Waals surface area (Å²) < 4.78 is 0. The Morgan fingerprint density at radius 2 is 1.79 bits per heavy atom. The van der Waals surface area contributed by atoms with Crippen LogP contribution in [0.15, 0.2) is 0 Å². The Labute approximate surface area is 118 Å². The van der Waals surface area contributed by atoms with Crippen molar-refractivity contribution in [3.8, 4) is 6.07 Å². The molecule has 1 saturated heterocycles. The maximum atomic E-state index is 9.01. The van der Waals surface area contributed by atoms with Gasteiger partial charge in [0.25, 0.3) is 0 Å². The summed E-state index contributed by atoms with van der Waals surface area (Å²) in [5.74, 6) is 0. The van der Waals surface area contributed by atoms with Crippen LogP contribution in [0.4, 0.5) is 0 Å². The highest BCUT2D eigenvalue weighted by Gasteiger charge is 2.40. The van der Waals surface area contributed by atoms with Crippen molar-refractivity contribution >= 4 is 0 Å². The third kappa shape index (κ3) is 3.49. The molecule has 0 aromatic rings. The van der Waals surface area contributed by atoms with Gasteiger partial charge in [0.1, 0.15) is 0 Å². The summed E-state index contributed by atoms with van der Waals surface area (Å²) in [6.07, 6.45) is 8.96. The van der Waals surface area contributed by atoms with Crippen LogP contribution < -0.4 is 0 Å². The van der Waals surface area contributed by atoms with Crippen LogP contribution in [-0.4, -0.2) is 47.6 Å². The van der Waals surface area contributed by atoms with Crippen LogP contribution >= 0.6 is 0 Å². The quantitative estimate of drug-likeness (QED) is 0.717. The smallest absolute Gasteiger partial charge is 0.0638 e. The van der Waals surface area contributed by atoms with E-state index in [9.17, 15) is 0 Å². The molecule has 1 saturated carbocycles. The molecule has 1 aliphatic carbocycles. The molecular weight excluding hydrogens is 234 g/mol. The fourth-order valence-electron chi connectivity index (χ4n) is 3.98. The third-order valence-electron chi connectivity index (χ3n) is 5.04. The molecule has 0 amide bonds. The third-order valence-corrected chi connectivity index (χ3v) is 5.04. The van der Waals surface area contributed by atoms with E-state index in [1.54, 1.807) is 0 Å². The van der Waals surface area contributed by atoms with Gasteiger partial charge in [-0.15, -0.1) is 0 Å². The SMILES string of the molecule is CN1CC(C)(C)N(C2CCCCCC2)CC1CC#N. The van der Waals surface area contributed by atoms with Crippen LogP contribution in [0.5, 0.6) is 0 Å². The van der Waals surface area contributed by atoms with Gasteiger partial charge in [0.15, 0.2) is 0 Å². The van der Waals surface area contributed by atoms with Crippen LogP contribution in [0.25, 0.3) is 0 Å². The van der Waals surface area contributed by atoms with E-state index in [1.807, 2.05) is 0 Å². The van der Waals surface area contributed by atoms with E-state index in [2.05, 4.69) is 36.8 Å². The topological polar surface area (TPSA) is 30.3 Å². The van der Waals surface area contributed by atoms with Crippen molar-refractivity contribution in [2.75, 3.05) is 20.1 Å². The maximum Gasteiger partial charge on any atom is 0.0638 e. The Hall–Kier alpha value is -0.590. The highest BCUT2D eigenvalue weighted by Crippen LogP contribution is 2.32. The molecule has 19 heavy (non-hydrogen) atoms. The largest absolute Gasteiger partial charge is 0.299 e. The Morgan fingerprint density at radius 1 is 1.16 bits per heavy atom. The van der Waals surface area contributed by atoms with Crippen molar-refractivity contribution in [2.24, 2.45) is 0 Å². The first-order valence-electron chi connectivity index (χ1n) is 7.88. The summed E-state index contributed by atoms with van der Waals surface area (Å²) in [5.41, 5.74) is 0.246. The van der Waals surface area contributed by atoms with E-state index in [4.69, 9.17) is 5.26 Å². The lowest BCUT2D eigenvalue weighted by Crippen LogP contribution is -2.64. The number of likely N-dealkylation sites (N-methyl/N-ethyl adjacent to an activating group) is 1. The van der Waals surface area contributed by atoms with E-state index in [0.717, 1.165) is 19.1 Å². The molecule has 0 spiro atoms. The monoisotopic (exact) mass is 263 g/mol. The standard InChI is InChI=1S/C16H29N3/c1-16(2)13-18(3)15(10-11-17)12-19(16)14-8-6-4-5-7-9-14/h14-15H,4-10,12-13H2,1-3H3. The first kappa shape index (κ1) is 14.8. The van der Waals surface area contributed by atoms with E-state index in [1.165, 1.54) is 38.5 Å². The summed E-state index contributed by atoms with van der Waals surface area (Å²) in [6, 6.07) is 3.52. The van der Waals surface area contributed by atoms with Gasteiger partial charge < -0.3 is 0 Å². The molecule has 1 atom stereocenters. The van der Waals surface area contributed by atoms with Gasteiger partial charge >= 0.3 is 0 Å². The summed E-state index contributed by atoms with van der Waals surface area (Å²) >= 11 is 0. The van der Waals surface area contributed by atoms with Crippen molar-refractivity contribution in [1.29, 1.82) is 5.26 Å². The molecule has 0 aromatic heterocycles. The summed E-state index contributed by atoms with van der Waals surface area (Å²) in [4.78, 5) is 5.11. The Balaban J connectivity index is 2.09. The van der Waals surface area contributed by atoms with Crippen LogP contribution in [-0.2, 0) is 0 Å². The van der Waals surface area contributed by atoms with Gasteiger partial charge in [-0.1, -0.05) is 25.7 Å². The number of piperazine rings is 1. The minimum atomic E-state index is 0.246. The molecular formula is C16H29N3. The Kier molecular flexibility index (Phi) is 4.86. The lowest BCUT2D eigenvalue weighted by atomic mass is 9.90.